The van der Waals surface area contributed by atoms with E-state index in [9.17, 15) is 26.7 Å². The number of rotatable bonds is 2. The Hall–Kier alpha value is -2.14. The lowest BCUT2D eigenvalue weighted by molar-refractivity contribution is -0.137. The largest absolute Gasteiger partial charge is 0.507 e. The van der Waals surface area contributed by atoms with E-state index >= 15 is 0 Å². The summed E-state index contributed by atoms with van der Waals surface area (Å²) < 4.78 is 66.0. The minimum absolute atomic E-state index is 0.0222. The molecule has 11 heteroatoms. The van der Waals surface area contributed by atoms with Crippen molar-refractivity contribution in [3.8, 4) is 5.75 Å². The molecule has 124 valence electrons. The molecule has 1 N–H and O–H groups in total. The van der Waals surface area contributed by atoms with Gasteiger partial charge < -0.3 is 5.11 Å². The molecule has 0 saturated heterocycles. The topological polar surface area (TPSA) is 88.3 Å². The van der Waals surface area contributed by atoms with Crippen LogP contribution in [0.1, 0.15) is 11.3 Å². The Labute approximate surface area is 129 Å². The smallest absolute Gasteiger partial charge is 0.416 e. The number of halogens is 3. The molecule has 0 bridgehead atoms. The number of hydrogen-bond acceptors (Lipinski definition) is 5. The lowest BCUT2D eigenvalue weighted by atomic mass is 10.2. The van der Waals surface area contributed by atoms with E-state index in [-0.39, 0.29) is 19.6 Å². The van der Waals surface area contributed by atoms with Gasteiger partial charge in [0.05, 0.1) is 30.5 Å². The van der Waals surface area contributed by atoms with Gasteiger partial charge in [0.1, 0.15) is 10.6 Å². The molecule has 0 atom stereocenters. The van der Waals surface area contributed by atoms with Crippen molar-refractivity contribution >= 4 is 10.0 Å². The first kappa shape index (κ1) is 15.7. The van der Waals surface area contributed by atoms with Crippen LogP contribution < -0.4 is 0 Å². The first-order valence-corrected chi connectivity index (χ1v) is 7.91. The summed E-state index contributed by atoms with van der Waals surface area (Å²) in [5.74, 6) is -0.727. The van der Waals surface area contributed by atoms with Gasteiger partial charge in [0.25, 0.3) is 0 Å². The molecule has 3 rings (SSSR count). The van der Waals surface area contributed by atoms with Crippen LogP contribution in [0.15, 0.2) is 29.3 Å². The fraction of sp³-hybridized carbons (Fsp3) is 0.333. The molecule has 7 nitrogen and oxygen atoms in total. The highest BCUT2D eigenvalue weighted by Crippen LogP contribution is 2.35. The number of aromatic hydroxyl groups is 1. The van der Waals surface area contributed by atoms with Crippen LogP contribution in [0, 0.1) is 0 Å². The first-order valence-electron chi connectivity index (χ1n) is 6.47. The monoisotopic (exact) mass is 348 g/mol. The van der Waals surface area contributed by atoms with Crippen LogP contribution in [0.4, 0.5) is 13.2 Å². The zero-order valence-corrected chi connectivity index (χ0v) is 12.3. The van der Waals surface area contributed by atoms with Gasteiger partial charge in [-0.1, -0.05) is 5.21 Å². The van der Waals surface area contributed by atoms with Crippen molar-refractivity contribution in [2.24, 2.45) is 0 Å². The van der Waals surface area contributed by atoms with Gasteiger partial charge in [-0.25, -0.2) is 13.1 Å². The lowest BCUT2D eigenvalue weighted by Crippen LogP contribution is -2.38. The van der Waals surface area contributed by atoms with Crippen LogP contribution in [-0.2, 0) is 29.3 Å². The van der Waals surface area contributed by atoms with Gasteiger partial charge in [0.2, 0.25) is 10.0 Å². The zero-order chi connectivity index (χ0) is 16.8. The van der Waals surface area contributed by atoms with E-state index in [0.717, 1.165) is 10.4 Å². The Morgan fingerprint density at radius 2 is 1.96 bits per heavy atom. The molecule has 0 spiro atoms. The van der Waals surface area contributed by atoms with Crippen molar-refractivity contribution in [3.05, 3.63) is 35.7 Å². The third kappa shape index (κ3) is 2.77. The van der Waals surface area contributed by atoms with E-state index in [0.29, 0.717) is 17.8 Å². The molecule has 2 heterocycles. The number of benzene rings is 1. The first-order chi connectivity index (χ1) is 10.7. The number of aromatic nitrogens is 3. The van der Waals surface area contributed by atoms with Crippen molar-refractivity contribution in [2.45, 2.75) is 24.2 Å². The lowest BCUT2D eigenvalue weighted by Gasteiger charge is -2.26. The average molecular weight is 348 g/mol. The van der Waals surface area contributed by atoms with Crippen LogP contribution >= 0.6 is 0 Å². The van der Waals surface area contributed by atoms with E-state index < -0.39 is 32.4 Å². The summed E-state index contributed by atoms with van der Waals surface area (Å²) in [4.78, 5) is -0.770. The Morgan fingerprint density at radius 3 is 2.65 bits per heavy atom. The highest BCUT2D eigenvalue weighted by Gasteiger charge is 2.35. The second-order valence-electron chi connectivity index (χ2n) is 4.97. The highest BCUT2D eigenvalue weighted by molar-refractivity contribution is 7.89. The predicted molar refractivity (Wildman–Crippen MR) is 70.7 cm³/mol. The summed E-state index contributed by atoms with van der Waals surface area (Å²) in [6.07, 6.45) is -3.32. The van der Waals surface area contributed by atoms with Crippen molar-refractivity contribution in [1.82, 2.24) is 19.3 Å². The van der Waals surface area contributed by atoms with Gasteiger partial charge in [0, 0.05) is 6.54 Å². The SMILES string of the molecule is O=S(=O)(c1cc(C(F)(F)F)ccc1O)N1CCn2nncc2C1. The Balaban J connectivity index is 2.01. The van der Waals surface area contributed by atoms with E-state index in [2.05, 4.69) is 10.3 Å². The van der Waals surface area contributed by atoms with Gasteiger partial charge in [0.15, 0.2) is 0 Å². The van der Waals surface area contributed by atoms with Crippen LogP contribution in [0.2, 0.25) is 0 Å². The van der Waals surface area contributed by atoms with Gasteiger partial charge >= 0.3 is 6.18 Å². The summed E-state index contributed by atoms with van der Waals surface area (Å²) in [5.41, 5.74) is -0.621. The molecule has 1 aromatic carbocycles. The third-order valence-corrected chi connectivity index (χ3v) is 5.38. The maximum absolute atomic E-state index is 12.8. The molecular weight excluding hydrogens is 337 g/mol. The molecule has 0 amide bonds. The quantitative estimate of drug-likeness (QED) is 0.881. The molecule has 23 heavy (non-hydrogen) atoms. The fourth-order valence-electron chi connectivity index (χ4n) is 2.30. The average Bonchev–Trinajstić information content (AvgIpc) is 2.93. The van der Waals surface area contributed by atoms with Crippen LogP contribution in [0.5, 0.6) is 5.75 Å². The number of phenols is 1. The molecule has 2 aromatic rings. The van der Waals surface area contributed by atoms with Gasteiger partial charge in [-0.3, -0.25) is 0 Å². The minimum Gasteiger partial charge on any atom is -0.507 e. The molecular formula is C12H11F3N4O3S. The zero-order valence-electron chi connectivity index (χ0n) is 11.5. The second-order valence-corrected chi connectivity index (χ2v) is 6.87. The van der Waals surface area contributed by atoms with Crippen molar-refractivity contribution < 1.29 is 26.7 Å². The minimum atomic E-state index is -4.71. The standard InChI is InChI=1S/C12H11F3N4O3S/c13-12(14,15)8-1-2-10(20)11(5-8)23(21,22)18-3-4-19-9(7-18)6-16-17-19/h1-2,5-6,20H,3-4,7H2. The predicted octanol–water partition coefficient (Wildman–Crippen LogP) is 1.21. The molecule has 1 aromatic heterocycles. The Morgan fingerprint density at radius 1 is 1.22 bits per heavy atom. The van der Waals surface area contributed by atoms with Crippen molar-refractivity contribution in [2.75, 3.05) is 6.54 Å². The number of phenolic OH excluding ortho intramolecular Hbond substituents is 1. The maximum atomic E-state index is 12.8. The van der Waals surface area contributed by atoms with Gasteiger partial charge in [-0.05, 0) is 18.2 Å². The highest BCUT2D eigenvalue weighted by atomic mass is 32.2. The summed E-state index contributed by atoms with van der Waals surface area (Å²) in [6.45, 7) is 0.174. The number of alkyl halides is 3. The molecule has 1 aliphatic rings. The second kappa shape index (κ2) is 5.20. The Kier molecular flexibility index (Phi) is 3.56. The molecule has 0 saturated carbocycles. The van der Waals surface area contributed by atoms with E-state index in [1.54, 1.807) is 0 Å². The van der Waals surface area contributed by atoms with E-state index in [1.807, 2.05) is 0 Å². The number of nitrogens with zero attached hydrogens (tertiary/aromatic N) is 4. The van der Waals surface area contributed by atoms with E-state index in [4.69, 9.17) is 0 Å². The van der Waals surface area contributed by atoms with Gasteiger partial charge in [-0.15, -0.1) is 5.10 Å². The number of sulfonamides is 1. The van der Waals surface area contributed by atoms with Crippen molar-refractivity contribution in [3.63, 3.8) is 0 Å². The summed E-state index contributed by atoms with van der Waals surface area (Å²) in [7, 11) is -4.28. The normalized spacial score (nSPS) is 16.3. The number of hydrogen-bond donors (Lipinski definition) is 1. The maximum Gasteiger partial charge on any atom is 0.416 e. The van der Waals surface area contributed by atoms with Gasteiger partial charge in [-0.2, -0.15) is 17.5 Å². The summed E-state index contributed by atoms with van der Waals surface area (Å²) in [5, 5.41) is 17.1. The summed E-state index contributed by atoms with van der Waals surface area (Å²) in [6, 6.07) is 1.80. The number of fused-ring (bicyclic) bond motifs is 1. The van der Waals surface area contributed by atoms with Crippen molar-refractivity contribution in [1.29, 1.82) is 0 Å². The molecule has 0 fully saturated rings. The van der Waals surface area contributed by atoms with Crippen LogP contribution in [0.25, 0.3) is 0 Å². The molecule has 1 aliphatic heterocycles. The van der Waals surface area contributed by atoms with E-state index in [1.165, 1.54) is 10.9 Å². The fourth-order valence-corrected chi connectivity index (χ4v) is 3.81. The summed E-state index contributed by atoms with van der Waals surface area (Å²) >= 11 is 0. The molecule has 0 aliphatic carbocycles. The molecule has 0 unspecified atom stereocenters. The van der Waals surface area contributed by atoms with Crippen LogP contribution in [0.3, 0.4) is 0 Å². The Bertz CT molecular complexity index is 847. The molecule has 0 radical (unpaired) electrons. The third-order valence-electron chi connectivity index (χ3n) is 3.50. The van der Waals surface area contributed by atoms with Crippen LogP contribution in [-0.4, -0.2) is 39.4 Å².